The zero-order valence-corrected chi connectivity index (χ0v) is 8.75. The van der Waals surface area contributed by atoms with Gasteiger partial charge in [-0.2, -0.15) is 0 Å². The Morgan fingerprint density at radius 3 is 2.67 bits per heavy atom. The van der Waals surface area contributed by atoms with E-state index in [1.807, 2.05) is 6.07 Å². The number of rotatable bonds is 5. The Labute approximate surface area is 88.0 Å². The van der Waals surface area contributed by atoms with Crippen molar-refractivity contribution in [2.24, 2.45) is 5.16 Å². The van der Waals surface area contributed by atoms with Gasteiger partial charge in [-0.15, -0.1) is 14.6 Å². The first-order valence-electron chi connectivity index (χ1n) is 4.27. The molecule has 80 valence electrons. The highest BCUT2D eigenvalue weighted by Gasteiger charge is 2.23. The zero-order chi connectivity index (χ0) is 11.1. The van der Waals surface area contributed by atoms with Crippen LogP contribution in [0.4, 0.5) is 0 Å². The molecule has 15 heavy (non-hydrogen) atoms. The third kappa shape index (κ3) is 4.16. The van der Waals surface area contributed by atoms with Crippen LogP contribution in [0.5, 0.6) is 0 Å². The summed E-state index contributed by atoms with van der Waals surface area (Å²) in [6, 6.07) is 8.97. The van der Waals surface area contributed by atoms with Gasteiger partial charge in [0.05, 0.1) is 0 Å². The van der Waals surface area contributed by atoms with E-state index < -0.39 is 14.4 Å². The predicted molar refractivity (Wildman–Crippen MR) is 55.0 cm³/mol. The second-order valence-corrected chi connectivity index (χ2v) is 3.46. The lowest BCUT2D eigenvalue weighted by Gasteiger charge is -2.06. The van der Waals surface area contributed by atoms with Gasteiger partial charge in [0.25, 0.3) is 0 Å². The largest absolute Gasteiger partial charge is 0.695 e. The van der Waals surface area contributed by atoms with E-state index >= 15 is 0 Å². The molecule has 1 aromatic rings. The van der Waals surface area contributed by atoms with Crippen molar-refractivity contribution in [2.45, 2.75) is 12.5 Å². The summed E-state index contributed by atoms with van der Waals surface area (Å²) in [5, 5.41) is 11.1. The van der Waals surface area contributed by atoms with E-state index in [-0.39, 0.29) is 6.42 Å². The van der Waals surface area contributed by atoms with Crippen LogP contribution in [0.25, 0.3) is 0 Å². The van der Waals surface area contributed by atoms with Crippen molar-refractivity contribution < 1.29 is 19.2 Å². The van der Waals surface area contributed by atoms with E-state index in [2.05, 4.69) is 5.16 Å². The van der Waals surface area contributed by atoms with Gasteiger partial charge >= 0.3 is 8.25 Å². The molecule has 0 bridgehead atoms. The van der Waals surface area contributed by atoms with Crippen molar-refractivity contribution >= 4 is 14.5 Å². The molecule has 0 aromatic heterocycles. The molecule has 0 heterocycles. The van der Waals surface area contributed by atoms with E-state index in [1.54, 1.807) is 24.3 Å². The van der Waals surface area contributed by atoms with E-state index in [0.29, 0.717) is 0 Å². The van der Waals surface area contributed by atoms with Crippen LogP contribution in [0.2, 0.25) is 0 Å². The van der Waals surface area contributed by atoms with Gasteiger partial charge in [-0.05, 0) is 5.56 Å². The van der Waals surface area contributed by atoms with Gasteiger partial charge < -0.3 is 5.21 Å². The highest BCUT2D eigenvalue weighted by molar-refractivity contribution is 7.32. The third-order valence-electron chi connectivity index (χ3n) is 1.79. The first-order valence-corrected chi connectivity index (χ1v) is 5.41. The first kappa shape index (κ1) is 11.8. The van der Waals surface area contributed by atoms with Crippen LogP contribution in [-0.4, -0.2) is 16.3 Å². The van der Waals surface area contributed by atoms with Crippen molar-refractivity contribution in [3.8, 4) is 0 Å². The quantitative estimate of drug-likeness (QED) is 0.350. The molecule has 5 nitrogen and oxygen atoms in total. The lowest BCUT2D eigenvalue weighted by Crippen LogP contribution is -2.00. The molecule has 0 aliphatic carbocycles. The van der Waals surface area contributed by atoms with Gasteiger partial charge in [0, 0.05) is 17.2 Å². The lowest BCUT2D eigenvalue weighted by molar-refractivity contribution is 0.198. The minimum absolute atomic E-state index is 0.238. The molecule has 0 aliphatic heterocycles. The van der Waals surface area contributed by atoms with Crippen molar-refractivity contribution in [1.82, 2.24) is 0 Å². The van der Waals surface area contributed by atoms with Crippen LogP contribution in [0.3, 0.4) is 0 Å². The fraction of sp³-hybridized carbons (Fsp3) is 0.222. The predicted octanol–water partition coefficient (Wildman–Crippen LogP) is 2.24. The average Bonchev–Trinajstić information content (AvgIpc) is 2.25. The van der Waals surface area contributed by atoms with E-state index in [9.17, 15) is 4.57 Å². The average molecular weight is 228 g/mol. The molecule has 0 saturated heterocycles. The van der Waals surface area contributed by atoms with Gasteiger partial charge in [0.1, 0.15) is 6.10 Å². The number of hydrogen-bond donors (Lipinski definition) is 2. The van der Waals surface area contributed by atoms with Crippen LogP contribution in [0.15, 0.2) is 35.5 Å². The minimum atomic E-state index is -2.67. The Kier molecular flexibility index (Phi) is 4.90. The molecule has 0 saturated carbocycles. The molecule has 2 N–H and O–H groups in total. The van der Waals surface area contributed by atoms with Crippen molar-refractivity contribution in [3.05, 3.63) is 35.9 Å². The Balaban J connectivity index is 2.76. The molecule has 1 aromatic carbocycles. The molecule has 0 spiro atoms. The molecule has 0 radical (unpaired) electrons. The van der Waals surface area contributed by atoms with E-state index in [0.717, 1.165) is 5.56 Å². The molecule has 6 heteroatoms. The monoisotopic (exact) mass is 228 g/mol. The van der Waals surface area contributed by atoms with Gasteiger partial charge in [-0.25, -0.2) is 0 Å². The highest BCUT2D eigenvalue weighted by atomic mass is 31.1. The summed E-state index contributed by atoms with van der Waals surface area (Å²) in [5.74, 6) is 0. The highest BCUT2D eigenvalue weighted by Crippen LogP contribution is 2.30. The maximum atomic E-state index is 10.6. The molecular weight excluding hydrogens is 217 g/mol. The molecule has 0 fully saturated rings. The van der Waals surface area contributed by atoms with Crippen molar-refractivity contribution in [1.29, 1.82) is 0 Å². The standard InChI is InChI=1S/C9H10NO4P/c11-10-7-6-9(14-15(12)13)8-4-2-1-3-5-8/h1-5,7,9H,6H2,(H-,11,12,13)/p+1. The molecule has 1 rings (SSSR count). The van der Waals surface area contributed by atoms with Crippen LogP contribution < -0.4 is 0 Å². The fourth-order valence-corrected chi connectivity index (χ4v) is 1.58. The molecule has 0 aliphatic rings. The summed E-state index contributed by atoms with van der Waals surface area (Å²) in [6.07, 6.45) is 0.884. The van der Waals surface area contributed by atoms with Crippen LogP contribution in [-0.2, 0) is 9.09 Å². The second kappa shape index (κ2) is 6.24. The number of benzene rings is 1. The van der Waals surface area contributed by atoms with Gasteiger partial charge in [0.15, 0.2) is 0 Å². The van der Waals surface area contributed by atoms with E-state index in [4.69, 9.17) is 14.6 Å². The number of hydrogen-bond acceptors (Lipinski definition) is 4. The molecule has 0 amide bonds. The van der Waals surface area contributed by atoms with Crippen LogP contribution >= 0.6 is 8.25 Å². The Morgan fingerprint density at radius 1 is 1.47 bits per heavy atom. The topological polar surface area (TPSA) is 79.1 Å². The Bertz CT molecular complexity index is 341. The third-order valence-corrected chi connectivity index (χ3v) is 2.22. The maximum absolute atomic E-state index is 10.6. The van der Waals surface area contributed by atoms with Gasteiger partial charge in [-0.1, -0.05) is 30.3 Å². The summed E-state index contributed by atoms with van der Waals surface area (Å²) in [4.78, 5) is 8.66. The van der Waals surface area contributed by atoms with Crippen molar-refractivity contribution in [3.63, 3.8) is 0 Å². The summed E-state index contributed by atoms with van der Waals surface area (Å²) >= 11 is 0. The van der Waals surface area contributed by atoms with Crippen LogP contribution in [0.1, 0.15) is 18.1 Å². The zero-order valence-electron chi connectivity index (χ0n) is 7.85. The van der Waals surface area contributed by atoms with Crippen molar-refractivity contribution in [2.75, 3.05) is 0 Å². The lowest BCUT2D eigenvalue weighted by atomic mass is 10.1. The minimum Gasteiger partial charge on any atom is -0.411 e. The first-order chi connectivity index (χ1) is 7.24. The second-order valence-electron chi connectivity index (χ2n) is 2.78. The summed E-state index contributed by atoms with van der Waals surface area (Å²) in [5.41, 5.74) is 0.759. The van der Waals surface area contributed by atoms with Crippen LogP contribution in [0, 0.1) is 0 Å². The SMILES string of the molecule is O=[P+](O)OC(CC=NO)c1ccccc1. The van der Waals surface area contributed by atoms with Gasteiger partial charge in [0.2, 0.25) is 0 Å². The fourth-order valence-electron chi connectivity index (χ4n) is 1.16. The molecular formula is C9H11NO4P+. The Hall–Kier alpha value is -1.29. The van der Waals surface area contributed by atoms with Gasteiger partial charge in [-0.3, -0.25) is 0 Å². The smallest absolute Gasteiger partial charge is 0.411 e. The maximum Gasteiger partial charge on any atom is 0.695 e. The normalized spacial score (nSPS) is 14.1. The summed E-state index contributed by atoms with van der Waals surface area (Å²) in [6.45, 7) is 0. The summed E-state index contributed by atoms with van der Waals surface area (Å²) in [7, 11) is -2.67. The van der Waals surface area contributed by atoms with E-state index in [1.165, 1.54) is 6.21 Å². The summed E-state index contributed by atoms with van der Waals surface area (Å²) < 4.78 is 15.4. The number of oxime groups is 1. The molecule has 2 atom stereocenters. The number of nitrogens with zero attached hydrogens (tertiary/aromatic N) is 1. The Morgan fingerprint density at radius 2 is 2.13 bits per heavy atom. The molecule has 2 unspecified atom stereocenters.